The van der Waals surface area contributed by atoms with Crippen molar-refractivity contribution in [2.75, 3.05) is 12.0 Å². The minimum absolute atomic E-state index is 0.00772. The van der Waals surface area contributed by atoms with Crippen LogP contribution in [0.15, 0.2) is 48.5 Å². The van der Waals surface area contributed by atoms with Crippen molar-refractivity contribution in [2.24, 2.45) is 0 Å². The molecule has 0 aromatic heterocycles. The van der Waals surface area contributed by atoms with E-state index in [0.29, 0.717) is 13.0 Å². The van der Waals surface area contributed by atoms with Gasteiger partial charge in [-0.3, -0.25) is 4.79 Å². The summed E-state index contributed by atoms with van der Waals surface area (Å²) in [5.74, 6) is 0.822. The third-order valence-electron chi connectivity index (χ3n) is 5.36. The lowest BCUT2D eigenvalue weighted by atomic mass is 9.99. The highest BCUT2D eigenvalue weighted by molar-refractivity contribution is 6.06. The highest BCUT2D eigenvalue weighted by Crippen LogP contribution is 2.31. The molecule has 1 fully saturated rings. The molecule has 29 heavy (non-hydrogen) atoms. The molecule has 1 aliphatic heterocycles. The molecule has 1 heterocycles. The van der Waals surface area contributed by atoms with Crippen LogP contribution in [-0.4, -0.2) is 25.3 Å². The van der Waals surface area contributed by atoms with Gasteiger partial charge in [-0.1, -0.05) is 50.5 Å². The Kier molecular flexibility index (Phi) is 7.42. The highest BCUT2D eigenvalue weighted by atomic mass is 16.5. The molecule has 1 amide bonds. The van der Waals surface area contributed by atoms with Crippen LogP contribution < -0.4 is 9.64 Å². The molecular weight excluding hydrogens is 366 g/mol. The van der Waals surface area contributed by atoms with Gasteiger partial charge >= 0.3 is 0 Å². The Hall–Kier alpha value is -2.66. The SMILES string of the molecule is CCCCCC(OCc1ccc(OC)cc1)c1ccc(N2C(=O)C[C@@H]2C=O)cc1. The van der Waals surface area contributed by atoms with E-state index in [2.05, 4.69) is 6.92 Å². The lowest BCUT2D eigenvalue weighted by Crippen LogP contribution is -2.53. The number of β-lactam (4-membered cyclic amide) rings is 1. The lowest BCUT2D eigenvalue weighted by molar-refractivity contribution is -0.127. The zero-order valence-electron chi connectivity index (χ0n) is 17.2. The summed E-state index contributed by atoms with van der Waals surface area (Å²) in [7, 11) is 1.66. The van der Waals surface area contributed by atoms with Crippen molar-refractivity contribution in [3.05, 3.63) is 59.7 Å². The predicted octanol–water partition coefficient (Wildman–Crippen LogP) is 4.84. The number of anilines is 1. The summed E-state index contributed by atoms with van der Waals surface area (Å²) in [4.78, 5) is 24.5. The van der Waals surface area contributed by atoms with Crippen LogP contribution in [0, 0.1) is 0 Å². The molecule has 0 bridgehead atoms. The fourth-order valence-corrected chi connectivity index (χ4v) is 3.58. The quantitative estimate of drug-likeness (QED) is 0.310. The number of methoxy groups -OCH3 is 1. The summed E-state index contributed by atoms with van der Waals surface area (Å²) in [6, 6.07) is 15.4. The van der Waals surface area contributed by atoms with Crippen molar-refractivity contribution in [3.8, 4) is 5.75 Å². The second kappa shape index (κ2) is 10.2. The molecule has 2 aromatic carbocycles. The molecule has 1 aliphatic rings. The van der Waals surface area contributed by atoms with Crippen LogP contribution in [0.4, 0.5) is 5.69 Å². The summed E-state index contributed by atoms with van der Waals surface area (Å²) >= 11 is 0. The number of rotatable bonds is 11. The monoisotopic (exact) mass is 395 g/mol. The van der Waals surface area contributed by atoms with Gasteiger partial charge < -0.3 is 19.2 Å². The van der Waals surface area contributed by atoms with Crippen LogP contribution in [0.1, 0.15) is 56.3 Å². The molecule has 2 aromatic rings. The number of carbonyl (C=O) groups is 2. The van der Waals surface area contributed by atoms with Crippen LogP contribution in [0.5, 0.6) is 5.75 Å². The van der Waals surface area contributed by atoms with Crippen LogP contribution in [0.2, 0.25) is 0 Å². The Balaban J connectivity index is 1.68. The summed E-state index contributed by atoms with van der Waals surface area (Å²) in [5, 5.41) is 0. The van der Waals surface area contributed by atoms with Gasteiger partial charge in [-0.25, -0.2) is 0 Å². The number of benzene rings is 2. The Morgan fingerprint density at radius 1 is 1.10 bits per heavy atom. The Labute approximate surface area is 172 Å². The van der Waals surface area contributed by atoms with E-state index in [-0.39, 0.29) is 18.1 Å². The third kappa shape index (κ3) is 5.24. The maximum absolute atomic E-state index is 11.8. The number of nitrogens with zero attached hydrogens (tertiary/aromatic N) is 1. The van der Waals surface area contributed by atoms with Crippen molar-refractivity contribution >= 4 is 17.9 Å². The van der Waals surface area contributed by atoms with E-state index >= 15 is 0 Å². The predicted molar refractivity (Wildman–Crippen MR) is 113 cm³/mol. The van der Waals surface area contributed by atoms with Gasteiger partial charge in [0, 0.05) is 5.69 Å². The maximum atomic E-state index is 11.8. The zero-order chi connectivity index (χ0) is 20.6. The molecule has 0 saturated carbocycles. The summed E-state index contributed by atoms with van der Waals surface area (Å²) < 4.78 is 11.5. The molecule has 1 saturated heterocycles. The molecule has 0 N–H and O–H groups in total. The van der Waals surface area contributed by atoms with E-state index in [1.807, 2.05) is 48.5 Å². The van der Waals surface area contributed by atoms with Crippen molar-refractivity contribution in [1.82, 2.24) is 0 Å². The molecule has 154 valence electrons. The molecule has 3 rings (SSSR count). The fraction of sp³-hybridized carbons (Fsp3) is 0.417. The van der Waals surface area contributed by atoms with E-state index < -0.39 is 0 Å². The van der Waals surface area contributed by atoms with Crippen molar-refractivity contribution in [1.29, 1.82) is 0 Å². The first-order valence-electron chi connectivity index (χ1n) is 10.3. The van der Waals surface area contributed by atoms with E-state index in [1.54, 1.807) is 12.0 Å². The molecule has 0 radical (unpaired) electrons. The summed E-state index contributed by atoms with van der Waals surface area (Å²) in [6.07, 6.45) is 5.51. The number of hydrogen-bond donors (Lipinski definition) is 0. The van der Waals surface area contributed by atoms with Crippen molar-refractivity contribution in [3.63, 3.8) is 0 Å². The normalized spacial score (nSPS) is 17.0. The smallest absolute Gasteiger partial charge is 0.230 e. The zero-order valence-corrected chi connectivity index (χ0v) is 17.2. The molecule has 5 nitrogen and oxygen atoms in total. The van der Waals surface area contributed by atoms with Crippen molar-refractivity contribution < 1.29 is 19.1 Å². The molecule has 0 aliphatic carbocycles. The molecule has 1 unspecified atom stereocenters. The van der Waals surface area contributed by atoms with E-state index in [4.69, 9.17) is 9.47 Å². The van der Waals surface area contributed by atoms with Gasteiger partial charge in [0.15, 0.2) is 0 Å². The summed E-state index contributed by atoms with van der Waals surface area (Å²) in [5.41, 5.74) is 2.96. The minimum atomic E-state index is -0.333. The molecular formula is C24H29NO4. The second-order valence-electron chi connectivity index (χ2n) is 7.41. The van der Waals surface area contributed by atoms with Crippen LogP contribution in [-0.2, 0) is 20.9 Å². The van der Waals surface area contributed by atoms with Gasteiger partial charge in [0.2, 0.25) is 5.91 Å². The van der Waals surface area contributed by atoms with Gasteiger partial charge in [-0.2, -0.15) is 0 Å². The number of amides is 1. The summed E-state index contributed by atoms with van der Waals surface area (Å²) in [6.45, 7) is 2.72. The van der Waals surface area contributed by atoms with Gasteiger partial charge in [-0.15, -0.1) is 0 Å². The Bertz CT molecular complexity index is 801. The van der Waals surface area contributed by atoms with Gasteiger partial charge in [-0.05, 0) is 41.8 Å². The van der Waals surface area contributed by atoms with Crippen LogP contribution in [0.3, 0.4) is 0 Å². The molecule has 0 spiro atoms. The highest BCUT2D eigenvalue weighted by Gasteiger charge is 2.36. The lowest BCUT2D eigenvalue weighted by Gasteiger charge is -2.37. The fourth-order valence-electron chi connectivity index (χ4n) is 3.58. The van der Waals surface area contributed by atoms with Crippen molar-refractivity contribution in [2.45, 2.75) is 57.8 Å². The first kappa shape index (κ1) is 21.1. The van der Waals surface area contributed by atoms with E-state index in [0.717, 1.165) is 48.1 Å². The van der Waals surface area contributed by atoms with Crippen LogP contribution >= 0.6 is 0 Å². The number of unbranched alkanes of at least 4 members (excludes halogenated alkanes) is 2. The Morgan fingerprint density at radius 2 is 1.83 bits per heavy atom. The number of ether oxygens (including phenoxy) is 2. The van der Waals surface area contributed by atoms with Gasteiger partial charge in [0.1, 0.15) is 18.1 Å². The Morgan fingerprint density at radius 3 is 2.41 bits per heavy atom. The second-order valence-corrected chi connectivity index (χ2v) is 7.41. The van der Waals surface area contributed by atoms with E-state index in [1.165, 1.54) is 6.42 Å². The third-order valence-corrected chi connectivity index (χ3v) is 5.36. The molecule has 5 heteroatoms. The van der Waals surface area contributed by atoms with Crippen LogP contribution in [0.25, 0.3) is 0 Å². The average Bonchev–Trinajstić information content (AvgIpc) is 2.75. The standard InChI is InChI=1S/C24H29NO4/c1-3-4-5-6-23(29-17-18-7-13-22(28-2)14-8-18)19-9-11-20(12-10-19)25-21(16-26)15-24(25)27/h7-14,16,21,23H,3-6,15,17H2,1-2H3/t21-,23?/m1/s1. The maximum Gasteiger partial charge on any atom is 0.230 e. The van der Waals surface area contributed by atoms with Gasteiger partial charge in [0.25, 0.3) is 0 Å². The topological polar surface area (TPSA) is 55.8 Å². The first-order chi connectivity index (χ1) is 14.2. The largest absolute Gasteiger partial charge is 0.497 e. The first-order valence-corrected chi connectivity index (χ1v) is 10.3. The minimum Gasteiger partial charge on any atom is -0.497 e. The number of hydrogen-bond acceptors (Lipinski definition) is 4. The molecule has 2 atom stereocenters. The van der Waals surface area contributed by atoms with E-state index in [9.17, 15) is 9.59 Å². The number of carbonyl (C=O) groups excluding carboxylic acids is 2. The average molecular weight is 395 g/mol. The van der Waals surface area contributed by atoms with Gasteiger partial charge in [0.05, 0.1) is 26.2 Å². The number of aldehydes is 1.